The molecule has 2 bridgehead atoms. The number of methoxy groups -OCH3 is 1. The summed E-state index contributed by atoms with van der Waals surface area (Å²) in [6.07, 6.45) is 1.29. The molecule has 6 aromatic rings. The molecule has 3 aliphatic heterocycles. The Bertz CT molecular complexity index is 2280. The van der Waals surface area contributed by atoms with E-state index in [2.05, 4.69) is 19.8 Å². The van der Waals surface area contributed by atoms with Gasteiger partial charge in [0.2, 0.25) is 0 Å². The topological polar surface area (TPSA) is 115 Å². The average Bonchev–Trinajstić information content (AvgIpc) is 3.79. The molecule has 220 valence electrons. The summed E-state index contributed by atoms with van der Waals surface area (Å²) < 4.78 is 9.64. The number of fused-ring (bicyclic) bond motifs is 11. The molecule has 10 rings (SSSR count). The lowest BCUT2D eigenvalue weighted by molar-refractivity contribution is -0.126. The van der Waals surface area contributed by atoms with Crippen LogP contribution in [0.15, 0.2) is 72.8 Å². The van der Waals surface area contributed by atoms with Gasteiger partial charge in [0.1, 0.15) is 5.75 Å². The van der Waals surface area contributed by atoms with E-state index in [0.29, 0.717) is 40.5 Å². The van der Waals surface area contributed by atoms with Crippen LogP contribution >= 0.6 is 0 Å². The second-order valence-electron chi connectivity index (χ2n) is 12.4. The normalized spacial score (nSPS) is 23.3. The van der Waals surface area contributed by atoms with Crippen LogP contribution < -0.4 is 15.4 Å². The molecular formula is C35H25N5O5. The van der Waals surface area contributed by atoms with Gasteiger partial charge in [-0.15, -0.1) is 0 Å². The van der Waals surface area contributed by atoms with E-state index in [-0.39, 0.29) is 24.3 Å². The Morgan fingerprint density at radius 3 is 1.78 bits per heavy atom. The number of urea groups is 1. The maximum atomic E-state index is 14.5. The number of para-hydroxylation sites is 2. The van der Waals surface area contributed by atoms with Crippen molar-refractivity contribution in [2.24, 2.45) is 0 Å². The van der Waals surface area contributed by atoms with Crippen LogP contribution in [0.3, 0.4) is 0 Å². The van der Waals surface area contributed by atoms with Crippen molar-refractivity contribution in [1.29, 1.82) is 0 Å². The van der Waals surface area contributed by atoms with Crippen molar-refractivity contribution in [3.63, 3.8) is 0 Å². The molecule has 10 heteroatoms. The highest BCUT2D eigenvalue weighted by Crippen LogP contribution is 2.58. The zero-order chi connectivity index (χ0) is 30.4. The highest BCUT2D eigenvalue weighted by Gasteiger charge is 2.64. The number of carbonyl (C=O) groups is 4. The number of nitrogens with one attached hydrogen (secondary N) is 2. The van der Waals surface area contributed by atoms with Gasteiger partial charge in [-0.1, -0.05) is 48.5 Å². The Hall–Kier alpha value is -5.64. The van der Waals surface area contributed by atoms with Gasteiger partial charge in [0.25, 0.3) is 17.7 Å². The van der Waals surface area contributed by atoms with Crippen LogP contribution in [-0.4, -0.2) is 50.4 Å². The first kappa shape index (κ1) is 24.8. The molecular weight excluding hydrogens is 570 g/mol. The number of ether oxygens (including phenoxy) is 1. The van der Waals surface area contributed by atoms with Gasteiger partial charge in [-0.05, 0) is 42.7 Å². The first-order valence-electron chi connectivity index (χ1n) is 15.1. The number of amides is 5. The molecule has 2 unspecified atom stereocenters. The van der Waals surface area contributed by atoms with Crippen LogP contribution in [0.1, 0.15) is 51.2 Å². The molecule has 1 saturated carbocycles. The predicted octanol–water partition coefficient (Wildman–Crippen LogP) is 5.18. The fraction of sp³-hybridized carbons (Fsp3) is 0.200. The Labute approximate surface area is 255 Å². The molecule has 45 heavy (non-hydrogen) atoms. The minimum absolute atomic E-state index is 0.122. The Morgan fingerprint density at radius 2 is 1.29 bits per heavy atom. The van der Waals surface area contributed by atoms with Gasteiger partial charge in [0.05, 0.1) is 47.9 Å². The highest BCUT2D eigenvalue weighted by atomic mass is 16.5. The van der Waals surface area contributed by atoms with Gasteiger partial charge in [-0.3, -0.25) is 24.6 Å². The maximum Gasteiger partial charge on any atom is 0.322 e. The van der Waals surface area contributed by atoms with Crippen molar-refractivity contribution in [3.8, 4) is 5.75 Å². The number of carbonyl (C=O) groups excluding carboxylic acids is 4. The van der Waals surface area contributed by atoms with Gasteiger partial charge in [0, 0.05) is 32.6 Å². The molecule has 1 aliphatic carbocycles. The Morgan fingerprint density at radius 1 is 0.756 bits per heavy atom. The quantitative estimate of drug-likeness (QED) is 0.216. The summed E-state index contributed by atoms with van der Waals surface area (Å²) in [5.74, 6) is -0.346. The molecule has 1 saturated heterocycles. The largest absolute Gasteiger partial charge is 0.497 e. The molecule has 4 aliphatic rings. The molecule has 2 atom stereocenters. The molecule has 0 radical (unpaired) electrons. The number of rotatable bonds is 3. The summed E-state index contributed by atoms with van der Waals surface area (Å²) in [5.41, 5.74) is 3.69. The molecule has 2 aromatic heterocycles. The third kappa shape index (κ3) is 2.73. The predicted molar refractivity (Wildman–Crippen MR) is 166 cm³/mol. The number of hydrogen-bond donors (Lipinski definition) is 2. The van der Waals surface area contributed by atoms with Gasteiger partial charge in [-0.2, -0.15) is 0 Å². The van der Waals surface area contributed by atoms with E-state index in [9.17, 15) is 19.2 Å². The zero-order valence-electron chi connectivity index (χ0n) is 24.1. The summed E-state index contributed by atoms with van der Waals surface area (Å²) in [4.78, 5) is 57.1. The van der Waals surface area contributed by atoms with Crippen LogP contribution in [-0.2, 0) is 11.3 Å². The Kier molecular flexibility index (Phi) is 4.45. The van der Waals surface area contributed by atoms with Crippen LogP contribution in [0.5, 0.6) is 5.75 Å². The van der Waals surface area contributed by atoms with Gasteiger partial charge in [0.15, 0.2) is 5.54 Å². The summed E-state index contributed by atoms with van der Waals surface area (Å²) >= 11 is 0. The monoisotopic (exact) mass is 595 g/mol. The third-order valence-corrected chi connectivity index (χ3v) is 10.5. The molecule has 10 nitrogen and oxygen atoms in total. The van der Waals surface area contributed by atoms with E-state index in [1.807, 2.05) is 72.8 Å². The minimum atomic E-state index is -1.24. The second kappa shape index (κ2) is 8.09. The van der Waals surface area contributed by atoms with Gasteiger partial charge in [-0.25, -0.2) is 4.79 Å². The fourth-order valence-corrected chi connectivity index (χ4v) is 8.85. The van der Waals surface area contributed by atoms with Crippen molar-refractivity contribution in [2.45, 2.75) is 37.0 Å². The van der Waals surface area contributed by atoms with Crippen molar-refractivity contribution < 1.29 is 23.9 Å². The summed E-state index contributed by atoms with van der Waals surface area (Å²) in [5, 5.41) is 8.69. The van der Waals surface area contributed by atoms with Crippen LogP contribution in [0.25, 0.3) is 43.6 Å². The van der Waals surface area contributed by atoms with E-state index >= 15 is 0 Å². The van der Waals surface area contributed by atoms with Crippen molar-refractivity contribution in [3.05, 3.63) is 89.5 Å². The van der Waals surface area contributed by atoms with Gasteiger partial charge < -0.3 is 19.2 Å². The number of nitrogens with zero attached hydrogens (tertiary/aromatic N) is 3. The van der Waals surface area contributed by atoms with Crippen molar-refractivity contribution in [2.75, 3.05) is 7.11 Å². The van der Waals surface area contributed by atoms with E-state index in [4.69, 9.17) is 4.74 Å². The van der Waals surface area contributed by atoms with E-state index < -0.39 is 23.7 Å². The number of benzene rings is 4. The first-order valence-corrected chi connectivity index (χ1v) is 15.1. The zero-order valence-corrected chi connectivity index (χ0v) is 24.1. The van der Waals surface area contributed by atoms with E-state index in [0.717, 1.165) is 38.4 Å². The summed E-state index contributed by atoms with van der Waals surface area (Å²) in [6, 6.07) is 21.7. The van der Waals surface area contributed by atoms with E-state index in [1.165, 1.54) is 4.90 Å². The smallest absolute Gasteiger partial charge is 0.322 e. The number of aromatic nitrogens is 2. The van der Waals surface area contributed by atoms with Crippen LogP contribution in [0, 0.1) is 0 Å². The summed E-state index contributed by atoms with van der Waals surface area (Å²) in [6.45, 7) is 0.122. The maximum absolute atomic E-state index is 14.5. The molecule has 4 aromatic carbocycles. The van der Waals surface area contributed by atoms with Gasteiger partial charge >= 0.3 is 6.03 Å². The Balaban J connectivity index is 1.36. The molecule has 2 N–H and O–H groups in total. The highest BCUT2D eigenvalue weighted by molar-refractivity contribution is 6.39. The lowest BCUT2D eigenvalue weighted by Gasteiger charge is -2.34. The van der Waals surface area contributed by atoms with Crippen LogP contribution in [0.2, 0.25) is 0 Å². The van der Waals surface area contributed by atoms with Crippen molar-refractivity contribution >= 4 is 67.4 Å². The standard InChI is InChI=1S/C35H25N5O5/c1-45-18-12-10-17(11-13-18)16-38-31(41)27-25-19-6-2-4-8-21(19)39-23-14-15-24(35(23)33(43)36-34(44)37-35)40-22-9-5-3-7-20(22)26(28(27)32(38)42)30(40)29(25)39/h2-13,23-24H,14-16H2,1H3,(H2,36,37,43,44). The summed E-state index contributed by atoms with van der Waals surface area (Å²) in [7, 11) is 1.60. The molecule has 5 heterocycles. The molecule has 1 spiro atoms. The first-order chi connectivity index (χ1) is 21.9. The minimum Gasteiger partial charge on any atom is -0.497 e. The SMILES string of the molecule is COc1ccc(CN2C(=O)c3c(c4c5ccccc5n5c4c4c3c3ccccc3n4C3CCC5C34NC(=O)NC4=O)C2=O)cc1. The fourth-order valence-electron chi connectivity index (χ4n) is 8.85. The lowest BCUT2D eigenvalue weighted by Crippen LogP contribution is -2.55. The number of hydrogen-bond acceptors (Lipinski definition) is 5. The van der Waals surface area contributed by atoms with Crippen LogP contribution in [0.4, 0.5) is 4.79 Å². The molecule has 5 amide bonds. The second-order valence-corrected chi connectivity index (χ2v) is 12.4. The molecule has 2 fully saturated rings. The van der Waals surface area contributed by atoms with Crippen molar-refractivity contribution in [1.82, 2.24) is 24.7 Å². The van der Waals surface area contributed by atoms with E-state index in [1.54, 1.807) is 7.11 Å². The average molecular weight is 596 g/mol. The third-order valence-electron chi connectivity index (χ3n) is 10.5. The lowest BCUT2D eigenvalue weighted by atomic mass is 9.89. The number of imide groups is 2.